The zero-order valence-corrected chi connectivity index (χ0v) is 22.6. The number of carbonyl (C=O) groups excluding carboxylic acids is 1. The molecule has 0 aliphatic heterocycles. The van der Waals surface area contributed by atoms with Gasteiger partial charge in [0, 0.05) is 13.7 Å². The highest BCUT2D eigenvalue weighted by atomic mass is 16.7. The Morgan fingerprint density at radius 1 is 0.921 bits per heavy atom. The molecule has 4 saturated carbocycles. The fraction of sp³-hybridized carbons (Fsp3) is 0.485. The molecule has 0 spiro atoms. The smallest absolute Gasteiger partial charge is 0.255 e. The molecule has 0 heterocycles. The fourth-order valence-corrected chi connectivity index (χ4v) is 7.96. The van der Waals surface area contributed by atoms with Crippen LogP contribution in [0.1, 0.15) is 61.4 Å². The first kappa shape index (κ1) is 25.4. The van der Waals surface area contributed by atoms with Crippen molar-refractivity contribution in [2.75, 3.05) is 33.7 Å². The van der Waals surface area contributed by atoms with Crippen LogP contribution in [0.2, 0.25) is 0 Å². The predicted molar refractivity (Wildman–Crippen MR) is 151 cm³/mol. The monoisotopic (exact) mass is 513 g/mol. The molecule has 7 rings (SSSR count). The lowest BCUT2D eigenvalue weighted by Gasteiger charge is -2.57. The Morgan fingerprint density at radius 2 is 1.63 bits per heavy atom. The van der Waals surface area contributed by atoms with Crippen molar-refractivity contribution in [3.8, 4) is 16.9 Å². The van der Waals surface area contributed by atoms with Gasteiger partial charge in [0.1, 0.15) is 5.75 Å². The number of carbonyl (C=O) groups is 1. The van der Waals surface area contributed by atoms with Gasteiger partial charge >= 0.3 is 0 Å². The number of hydrogen-bond acceptors (Lipinski definition) is 4. The van der Waals surface area contributed by atoms with E-state index in [4.69, 9.17) is 14.2 Å². The minimum Gasteiger partial charge on any atom is -0.467 e. The molecule has 0 aromatic heterocycles. The van der Waals surface area contributed by atoms with E-state index in [1.54, 1.807) is 7.11 Å². The van der Waals surface area contributed by atoms with Gasteiger partial charge in [-0.2, -0.15) is 0 Å². The topological polar surface area (TPSA) is 56.8 Å². The third kappa shape index (κ3) is 4.71. The summed E-state index contributed by atoms with van der Waals surface area (Å²) in [6, 6.07) is 19.3. The fourth-order valence-electron chi connectivity index (χ4n) is 7.96. The number of nitrogens with one attached hydrogen (secondary N) is 1. The maximum Gasteiger partial charge on any atom is 0.255 e. The van der Waals surface area contributed by atoms with Gasteiger partial charge in [-0.25, -0.2) is 0 Å². The second-order valence-corrected chi connectivity index (χ2v) is 11.6. The third-order valence-corrected chi connectivity index (χ3v) is 9.13. The minimum atomic E-state index is -0.112. The van der Waals surface area contributed by atoms with Crippen LogP contribution < -0.4 is 10.1 Å². The van der Waals surface area contributed by atoms with Gasteiger partial charge in [-0.1, -0.05) is 42.5 Å². The van der Waals surface area contributed by atoms with E-state index < -0.39 is 0 Å². The van der Waals surface area contributed by atoms with Gasteiger partial charge in [-0.3, -0.25) is 4.79 Å². The van der Waals surface area contributed by atoms with Crippen molar-refractivity contribution in [1.29, 1.82) is 0 Å². The lowest BCUT2D eigenvalue weighted by molar-refractivity contribution is -0.0108. The van der Waals surface area contributed by atoms with E-state index in [9.17, 15) is 4.79 Å². The Kier molecular flexibility index (Phi) is 7.15. The van der Waals surface area contributed by atoms with Crippen molar-refractivity contribution in [2.45, 2.75) is 50.9 Å². The van der Waals surface area contributed by atoms with E-state index in [2.05, 4.69) is 59.9 Å². The van der Waals surface area contributed by atoms with Crippen LogP contribution in [-0.4, -0.2) is 39.6 Å². The molecule has 4 fully saturated rings. The molecule has 1 amide bonds. The molecule has 3 aromatic carbocycles. The molecule has 0 saturated heterocycles. The van der Waals surface area contributed by atoms with E-state index in [-0.39, 0.29) is 18.1 Å². The minimum absolute atomic E-state index is 0.0784. The van der Waals surface area contributed by atoms with Crippen LogP contribution >= 0.6 is 0 Å². The Balaban J connectivity index is 1.51. The maximum absolute atomic E-state index is 13.6. The molecule has 5 nitrogen and oxygen atoms in total. The summed E-state index contributed by atoms with van der Waals surface area (Å²) in [5.74, 6) is 2.98. The van der Waals surface area contributed by atoms with Crippen LogP contribution in [0.3, 0.4) is 0 Å². The van der Waals surface area contributed by atoms with Crippen molar-refractivity contribution in [2.24, 2.45) is 17.8 Å². The molecule has 4 bridgehead atoms. The van der Waals surface area contributed by atoms with Gasteiger partial charge in [0.25, 0.3) is 5.91 Å². The van der Waals surface area contributed by atoms with Gasteiger partial charge < -0.3 is 19.5 Å². The highest BCUT2D eigenvalue weighted by Crippen LogP contribution is 2.61. The average Bonchev–Trinajstić information content (AvgIpc) is 2.91. The summed E-state index contributed by atoms with van der Waals surface area (Å²) in [6.07, 6.45) is 7.92. The first-order valence-electron chi connectivity index (χ1n) is 14.2. The summed E-state index contributed by atoms with van der Waals surface area (Å²) in [6.45, 7) is 3.52. The molecule has 1 N–H and O–H groups in total. The predicted octanol–water partition coefficient (Wildman–Crippen LogP) is 6.72. The highest BCUT2D eigenvalue weighted by molar-refractivity contribution is 6.08. The lowest BCUT2D eigenvalue weighted by Crippen LogP contribution is -2.48. The summed E-state index contributed by atoms with van der Waals surface area (Å²) in [5.41, 5.74) is 4.11. The van der Waals surface area contributed by atoms with E-state index in [0.717, 1.165) is 39.7 Å². The van der Waals surface area contributed by atoms with E-state index >= 15 is 0 Å². The van der Waals surface area contributed by atoms with Gasteiger partial charge in [-0.05, 0) is 108 Å². The Hall–Kier alpha value is -2.89. The summed E-state index contributed by atoms with van der Waals surface area (Å²) >= 11 is 0. The number of rotatable bonds is 10. The number of hydrogen-bond donors (Lipinski definition) is 1. The zero-order valence-electron chi connectivity index (χ0n) is 22.6. The number of amides is 1. The van der Waals surface area contributed by atoms with E-state index in [0.29, 0.717) is 31.1 Å². The third-order valence-electron chi connectivity index (χ3n) is 9.13. The van der Waals surface area contributed by atoms with Crippen molar-refractivity contribution in [3.63, 3.8) is 0 Å². The quantitative estimate of drug-likeness (QED) is 0.241. The second kappa shape index (κ2) is 10.7. The first-order valence-corrected chi connectivity index (χ1v) is 14.2. The standard InChI is InChI=1S/C33H39NO4/c1-3-34-32(35)31-29(28-10-6-8-25-7-4-5-9-27(25)28)16-26(17-30(31)38-21-37-12-11-36-2)33-18-22-13-23(19-33)15-24(14-22)20-33/h4-10,16-17,22-24H,3,11-15,18-21H2,1-2H3,(H,34,35). The van der Waals surface area contributed by atoms with Crippen LogP contribution in [0, 0.1) is 17.8 Å². The van der Waals surface area contributed by atoms with E-state index in [1.807, 2.05) is 6.92 Å². The van der Waals surface area contributed by atoms with Crippen LogP contribution in [0.5, 0.6) is 5.75 Å². The van der Waals surface area contributed by atoms with Crippen LogP contribution in [-0.2, 0) is 14.9 Å². The molecule has 5 heteroatoms. The molecule has 0 atom stereocenters. The molecule has 200 valence electrons. The SMILES string of the molecule is CCNC(=O)c1c(OCOCCOC)cc(C23CC4CC(CC(C4)C2)C3)cc1-c1cccc2ccccc12. The van der Waals surface area contributed by atoms with Crippen molar-refractivity contribution >= 4 is 16.7 Å². The van der Waals surface area contributed by atoms with Gasteiger partial charge in [0.2, 0.25) is 0 Å². The van der Waals surface area contributed by atoms with Crippen molar-refractivity contribution in [3.05, 3.63) is 65.7 Å². The van der Waals surface area contributed by atoms with Gasteiger partial charge in [0.05, 0.1) is 18.8 Å². The zero-order chi connectivity index (χ0) is 26.1. The normalized spacial score (nSPS) is 25.6. The molecule has 0 radical (unpaired) electrons. The lowest BCUT2D eigenvalue weighted by atomic mass is 9.48. The number of fused-ring (bicyclic) bond motifs is 1. The summed E-state index contributed by atoms with van der Waals surface area (Å²) in [5, 5.41) is 5.35. The van der Waals surface area contributed by atoms with Gasteiger partial charge in [0.15, 0.2) is 6.79 Å². The summed E-state index contributed by atoms with van der Waals surface area (Å²) in [7, 11) is 1.66. The largest absolute Gasteiger partial charge is 0.467 e. The Labute approximate surface area is 225 Å². The number of benzene rings is 3. The average molecular weight is 514 g/mol. The Morgan fingerprint density at radius 3 is 2.34 bits per heavy atom. The summed E-state index contributed by atoms with van der Waals surface area (Å²) < 4.78 is 17.1. The molecule has 4 aliphatic carbocycles. The Bertz CT molecular complexity index is 1280. The van der Waals surface area contributed by atoms with Crippen LogP contribution in [0.4, 0.5) is 0 Å². The molecule has 3 aromatic rings. The molecule has 4 aliphatic rings. The summed E-state index contributed by atoms with van der Waals surface area (Å²) in [4.78, 5) is 13.6. The van der Waals surface area contributed by atoms with Crippen molar-refractivity contribution < 1.29 is 19.0 Å². The highest BCUT2D eigenvalue weighted by Gasteiger charge is 2.52. The van der Waals surface area contributed by atoms with Gasteiger partial charge in [-0.15, -0.1) is 0 Å². The second-order valence-electron chi connectivity index (χ2n) is 11.6. The molecule has 0 unspecified atom stereocenters. The van der Waals surface area contributed by atoms with Crippen LogP contribution in [0.25, 0.3) is 21.9 Å². The molecular weight excluding hydrogens is 474 g/mol. The van der Waals surface area contributed by atoms with E-state index in [1.165, 1.54) is 44.1 Å². The first-order chi connectivity index (χ1) is 18.6. The molecular formula is C33H39NO4. The maximum atomic E-state index is 13.6. The van der Waals surface area contributed by atoms with Crippen molar-refractivity contribution in [1.82, 2.24) is 5.32 Å². The number of methoxy groups -OCH3 is 1. The van der Waals surface area contributed by atoms with Crippen LogP contribution in [0.15, 0.2) is 54.6 Å². The number of ether oxygens (including phenoxy) is 3. The molecule has 38 heavy (non-hydrogen) atoms.